The molecule has 1 rings (SSSR count). The molecule has 1 aromatic carbocycles. The Balaban J connectivity index is 2.60. The van der Waals surface area contributed by atoms with Crippen molar-refractivity contribution in [3.05, 3.63) is 35.4 Å². The van der Waals surface area contributed by atoms with Gasteiger partial charge in [-0.15, -0.1) is 0 Å². The number of hydrogen-bond donors (Lipinski definition) is 1. The minimum absolute atomic E-state index is 0.0293. The van der Waals surface area contributed by atoms with Gasteiger partial charge in [-0.1, -0.05) is 24.3 Å². The summed E-state index contributed by atoms with van der Waals surface area (Å²) in [5.41, 5.74) is 7.75. The van der Waals surface area contributed by atoms with Gasteiger partial charge in [0.1, 0.15) is 0 Å². The number of benzene rings is 1. The van der Waals surface area contributed by atoms with E-state index in [4.69, 9.17) is 10.5 Å². The minimum Gasteiger partial charge on any atom is -0.466 e. The number of carbonyl (C=O) groups excluding carboxylic acids is 1. The number of rotatable bonds is 4. The summed E-state index contributed by atoms with van der Waals surface area (Å²) in [4.78, 5) is 11.2. The van der Waals surface area contributed by atoms with E-state index in [9.17, 15) is 4.79 Å². The highest BCUT2D eigenvalue weighted by Gasteiger charge is 2.04. The second-order valence-corrected chi connectivity index (χ2v) is 3.51. The number of ether oxygens (including phenoxy) is 1. The van der Waals surface area contributed by atoms with Crippen LogP contribution in [0.15, 0.2) is 24.3 Å². The van der Waals surface area contributed by atoms with Crippen molar-refractivity contribution in [2.24, 2.45) is 5.73 Å². The fourth-order valence-corrected chi connectivity index (χ4v) is 1.32. The largest absolute Gasteiger partial charge is 0.466 e. The van der Waals surface area contributed by atoms with E-state index in [0.717, 1.165) is 11.1 Å². The number of nitrogens with two attached hydrogens (primary N) is 1. The molecule has 0 amide bonds. The van der Waals surface area contributed by atoms with Gasteiger partial charge < -0.3 is 10.5 Å². The van der Waals surface area contributed by atoms with Gasteiger partial charge in [-0.2, -0.15) is 0 Å². The first-order valence-electron chi connectivity index (χ1n) is 5.13. The van der Waals surface area contributed by atoms with Crippen molar-refractivity contribution in [3.8, 4) is 0 Å². The van der Waals surface area contributed by atoms with Crippen LogP contribution in [0.4, 0.5) is 0 Å². The van der Waals surface area contributed by atoms with Crippen LogP contribution in [0.3, 0.4) is 0 Å². The third kappa shape index (κ3) is 3.72. The van der Waals surface area contributed by atoms with Gasteiger partial charge >= 0.3 is 5.97 Å². The Kier molecular flexibility index (Phi) is 4.31. The van der Waals surface area contributed by atoms with E-state index in [0.29, 0.717) is 13.0 Å². The Morgan fingerprint density at radius 2 is 2.00 bits per heavy atom. The lowest BCUT2D eigenvalue weighted by molar-refractivity contribution is -0.142. The first kappa shape index (κ1) is 11.7. The van der Waals surface area contributed by atoms with Crippen molar-refractivity contribution in [3.63, 3.8) is 0 Å². The molecule has 82 valence electrons. The van der Waals surface area contributed by atoms with Gasteiger partial charge in [0.05, 0.1) is 13.0 Å². The molecule has 0 spiro atoms. The van der Waals surface area contributed by atoms with Gasteiger partial charge in [0, 0.05) is 6.04 Å². The minimum atomic E-state index is -0.189. The number of hydrogen-bond acceptors (Lipinski definition) is 3. The van der Waals surface area contributed by atoms with E-state index >= 15 is 0 Å². The van der Waals surface area contributed by atoms with Crippen LogP contribution in [0.25, 0.3) is 0 Å². The molecule has 15 heavy (non-hydrogen) atoms. The third-order valence-electron chi connectivity index (χ3n) is 2.16. The van der Waals surface area contributed by atoms with E-state index in [1.54, 1.807) is 6.92 Å². The zero-order valence-corrected chi connectivity index (χ0v) is 9.19. The molecule has 0 radical (unpaired) electrons. The van der Waals surface area contributed by atoms with Crippen LogP contribution in [0, 0.1) is 0 Å². The Bertz CT molecular complexity index is 317. The van der Waals surface area contributed by atoms with Gasteiger partial charge in [0.15, 0.2) is 0 Å². The lowest BCUT2D eigenvalue weighted by Crippen LogP contribution is -2.08. The standard InChI is InChI=1S/C12H17NO2/c1-3-15-12(14)8-10-4-6-11(7-5-10)9(2)13/h4-7,9H,3,8,13H2,1-2H3. The highest BCUT2D eigenvalue weighted by molar-refractivity contribution is 5.72. The Labute approximate surface area is 90.2 Å². The average Bonchev–Trinajstić information content (AvgIpc) is 2.18. The van der Waals surface area contributed by atoms with Crippen molar-refractivity contribution in [2.75, 3.05) is 6.61 Å². The predicted octanol–water partition coefficient (Wildman–Crippen LogP) is 1.81. The fraction of sp³-hybridized carbons (Fsp3) is 0.417. The van der Waals surface area contributed by atoms with Crippen LogP contribution in [-0.4, -0.2) is 12.6 Å². The molecular weight excluding hydrogens is 190 g/mol. The van der Waals surface area contributed by atoms with Gasteiger partial charge in [-0.25, -0.2) is 0 Å². The highest BCUT2D eigenvalue weighted by Crippen LogP contribution is 2.11. The second kappa shape index (κ2) is 5.51. The maximum Gasteiger partial charge on any atom is 0.310 e. The number of esters is 1. The molecule has 0 saturated heterocycles. The second-order valence-electron chi connectivity index (χ2n) is 3.51. The van der Waals surface area contributed by atoms with Crippen molar-refractivity contribution >= 4 is 5.97 Å². The molecule has 0 aromatic heterocycles. The van der Waals surface area contributed by atoms with Crippen molar-refractivity contribution in [1.29, 1.82) is 0 Å². The maximum atomic E-state index is 11.2. The first-order valence-corrected chi connectivity index (χ1v) is 5.13. The Morgan fingerprint density at radius 3 is 2.47 bits per heavy atom. The molecular formula is C12H17NO2. The lowest BCUT2D eigenvalue weighted by atomic mass is 10.1. The lowest BCUT2D eigenvalue weighted by Gasteiger charge is -2.06. The van der Waals surface area contributed by atoms with Crippen molar-refractivity contribution in [2.45, 2.75) is 26.3 Å². The van der Waals surface area contributed by atoms with E-state index in [1.165, 1.54) is 0 Å². The fourth-order valence-electron chi connectivity index (χ4n) is 1.32. The van der Waals surface area contributed by atoms with E-state index < -0.39 is 0 Å². The summed E-state index contributed by atoms with van der Waals surface area (Å²) < 4.78 is 4.86. The summed E-state index contributed by atoms with van der Waals surface area (Å²) in [5, 5.41) is 0. The third-order valence-corrected chi connectivity index (χ3v) is 2.16. The van der Waals surface area contributed by atoms with Crippen molar-refractivity contribution < 1.29 is 9.53 Å². The van der Waals surface area contributed by atoms with Gasteiger partial charge in [0.25, 0.3) is 0 Å². The SMILES string of the molecule is CCOC(=O)Cc1ccc(C(C)N)cc1. The molecule has 0 aliphatic rings. The molecule has 0 aliphatic carbocycles. The molecule has 0 aliphatic heterocycles. The van der Waals surface area contributed by atoms with Crippen LogP contribution in [0.2, 0.25) is 0 Å². The molecule has 1 aromatic rings. The van der Waals surface area contributed by atoms with E-state index in [2.05, 4.69) is 0 Å². The van der Waals surface area contributed by atoms with Crippen LogP contribution in [0.1, 0.15) is 31.0 Å². The van der Waals surface area contributed by atoms with Gasteiger partial charge in [0.2, 0.25) is 0 Å². The van der Waals surface area contributed by atoms with Gasteiger partial charge in [-0.05, 0) is 25.0 Å². The molecule has 0 heterocycles. The molecule has 0 fully saturated rings. The smallest absolute Gasteiger partial charge is 0.310 e. The normalized spacial score (nSPS) is 12.2. The molecule has 3 heteroatoms. The van der Waals surface area contributed by atoms with Crippen molar-refractivity contribution in [1.82, 2.24) is 0 Å². The van der Waals surface area contributed by atoms with Gasteiger partial charge in [-0.3, -0.25) is 4.79 Å². The predicted molar refractivity (Wildman–Crippen MR) is 59.4 cm³/mol. The van der Waals surface area contributed by atoms with Crippen LogP contribution >= 0.6 is 0 Å². The topological polar surface area (TPSA) is 52.3 Å². The molecule has 3 nitrogen and oxygen atoms in total. The van der Waals surface area contributed by atoms with Crippen LogP contribution in [0.5, 0.6) is 0 Å². The summed E-state index contributed by atoms with van der Waals surface area (Å²) in [6.07, 6.45) is 0.326. The molecule has 1 unspecified atom stereocenters. The molecule has 0 saturated carbocycles. The molecule has 1 atom stereocenters. The zero-order chi connectivity index (χ0) is 11.3. The Hall–Kier alpha value is -1.35. The quantitative estimate of drug-likeness (QED) is 0.766. The summed E-state index contributed by atoms with van der Waals surface area (Å²) in [6, 6.07) is 7.74. The van der Waals surface area contributed by atoms with Crippen LogP contribution in [-0.2, 0) is 16.0 Å². The Morgan fingerprint density at radius 1 is 1.40 bits per heavy atom. The zero-order valence-electron chi connectivity index (χ0n) is 9.19. The van der Waals surface area contributed by atoms with E-state index in [1.807, 2.05) is 31.2 Å². The average molecular weight is 207 g/mol. The summed E-state index contributed by atoms with van der Waals surface area (Å²) in [5.74, 6) is -0.189. The van der Waals surface area contributed by atoms with Crippen LogP contribution < -0.4 is 5.73 Å². The molecule has 0 bridgehead atoms. The molecule has 2 N–H and O–H groups in total. The first-order chi connectivity index (χ1) is 7.13. The number of carbonyl (C=O) groups is 1. The monoisotopic (exact) mass is 207 g/mol. The summed E-state index contributed by atoms with van der Waals surface area (Å²) in [7, 11) is 0. The summed E-state index contributed by atoms with van der Waals surface area (Å²) >= 11 is 0. The maximum absolute atomic E-state index is 11.2. The highest BCUT2D eigenvalue weighted by atomic mass is 16.5. The van der Waals surface area contributed by atoms with E-state index in [-0.39, 0.29) is 12.0 Å². The summed E-state index contributed by atoms with van der Waals surface area (Å²) in [6.45, 7) is 4.16.